The summed E-state index contributed by atoms with van der Waals surface area (Å²) >= 11 is 7.52. The molecule has 1 nitrogen and oxygen atoms in total. The SMILES string of the molecule is OC(c1ccc(C2CC2)cc1)c1sccc1Cl. The maximum Gasteiger partial charge on any atom is 0.115 e. The van der Waals surface area contributed by atoms with Crippen molar-refractivity contribution >= 4 is 22.9 Å². The van der Waals surface area contributed by atoms with E-state index in [2.05, 4.69) is 12.1 Å². The fourth-order valence-electron chi connectivity index (χ4n) is 2.02. The zero-order valence-electron chi connectivity index (χ0n) is 9.27. The van der Waals surface area contributed by atoms with Crippen molar-refractivity contribution in [2.45, 2.75) is 24.9 Å². The van der Waals surface area contributed by atoms with Gasteiger partial charge in [-0.2, -0.15) is 0 Å². The van der Waals surface area contributed by atoms with Crippen molar-refractivity contribution in [3.8, 4) is 0 Å². The largest absolute Gasteiger partial charge is 0.383 e. The maximum atomic E-state index is 10.2. The average molecular weight is 265 g/mol. The Hall–Kier alpha value is -0.830. The van der Waals surface area contributed by atoms with E-state index in [1.165, 1.54) is 29.7 Å². The van der Waals surface area contributed by atoms with E-state index in [1.54, 1.807) is 0 Å². The lowest BCUT2D eigenvalue weighted by molar-refractivity contribution is 0.224. The first-order valence-electron chi connectivity index (χ1n) is 5.76. The number of hydrogen-bond acceptors (Lipinski definition) is 2. The molecule has 1 aromatic heterocycles. The number of aliphatic hydroxyl groups is 1. The van der Waals surface area contributed by atoms with Gasteiger partial charge in [0.1, 0.15) is 6.10 Å². The van der Waals surface area contributed by atoms with E-state index in [-0.39, 0.29) is 0 Å². The Morgan fingerprint density at radius 1 is 1.18 bits per heavy atom. The van der Waals surface area contributed by atoms with Gasteiger partial charge in [0.2, 0.25) is 0 Å². The molecule has 17 heavy (non-hydrogen) atoms. The lowest BCUT2D eigenvalue weighted by atomic mass is 10.0. The fourth-order valence-corrected chi connectivity index (χ4v) is 3.19. The molecule has 1 saturated carbocycles. The Morgan fingerprint density at radius 2 is 1.88 bits per heavy atom. The van der Waals surface area contributed by atoms with Crippen LogP contribution in [-0.4, -0.2) is 5.11 Å². The van der Waals surface area contributed by atoms with Crippen LogP contribution in [0.5, 0.6) is 0 Å². The van der Waals surface area contributed by atoms with Crippen LogP contribution < -0.4 is 0 Å². The lowest BCUT2D eigenvalue weighted by Gasteiger charge is -2.10. The Kier molecular flexibility index (Phi) is 2.95. The zero-order chi connectivity index (χ0) is 11.8. The van der Waals surface area contributed by atoms with E-state index in [1.807, 2.05) is 23.6 Å². The molecule has 1 aromatic carbocycles. The molecule has 1 heterocycles. The second kappa shape index (κ2) is 4.45. The maximum absolute atomic E-state index is 10.2. The van der Waals surface area contributed by atoms with E-state index < -0.39 is 6.10 Å². The van der Waals surface area contributed by atoms with Gasteiger partial charge in [-0.05, 0) is 41.3 Å². The standard InChI is InChI=1S/C14H13ClOS/c15-12-7-8-17-14(12)13(16)11-5-3-10(4-6-11)9-1-2-9/h3-9,13,16H,1-2H2. The lowest BCUT2D eigenvalue weighted by Crippen LogP contribution is -1.97. The number of hydrogen-bond donors (Lipinski definition) is 1. The summed E-state index contributed by atoms with van der Waals surface area (Å²) < 4.78 is 0. The van der Waals surface area contributed by atoms with Crippen molar-refractivity contribution in [2.24, 2.45) is 0 Å². The average Bonchev–Trinajstić information content (AvgIpc) is 3.12. The molecule has 1 fully saturated rings. The highest BCUT2D eigenvalue weighted by Gasteiger charge is 2.23. The molecule has 0 spiro atoms. The highest BCUT2D eigenvalue weighted by Crippen LogP contribution is 2.40. The molecular formula is C14H13ClOS. The monoisotopic (exact) mass is 264 g/mol. The minimum absolute atomic E-state index is 0.601. The van der Waals surface area contributed by atoms with Crippen molar-refractivity contribution < 1.29 is 5.11 Å². The second-order valence-electron chi connectivity index (χ2n) is 4.48. The Balaban J connectivity index is 1.86. The summed E-state index contributed by atoms with van der Waals surface area (Å²) in [6, 6.07) is 10.1. The molecule has 1 aliphatic carbocycles. The molecule has 2 aromatic rings. The highest BCUT2D eigenvalue weighted by atomic mass is 35.5. The molecule has 1 aliphatic rings. The summed E-state index contributed by atoms with van der Waals surface area (Å²) in [5.74, 6) is 0.756. The third kappa shape index (κ3) is 2.25. The van der Waals surface area contributed by atoms with E-state index >= 15 is 0 Å². The first-order chi connectivity index (χ1) is 8.25. The van der Waals surface area contributed by atoms with E-state index in [4.69, 9.17) is 11.6 Å². The molecule has 0 aliphatic heterocycles. The summed E-state index contributed by atoms with van der Waals surface area (Å²) in [4.78, 5) is 0.825. The second-order valence-corrected chi connectivity index (χ2v) is 5.83. The predicted molar refractivity (Wildman–Crippen MR) is 71.8 cm³/mol. The van der Waals surface area contributed by atoms with Crippen molar-refractivity contribution in [3.05, 3.63) is 56.7 Å². The van der Waals surface area contributed by atoms with Crippen LogP contribution in [0.1, 0.15) is 40.9 Å². The van der Waals surface area contributed by atoms with E-state index in [0.29, 0.717) is 5.02 Å². The van der Waals surface area contributed by atoms with Gasteiger partial charge in [0.25, 0.3) is 0 Å². The van der Waals surface area contributed by atoms with Crippen LogP contribution >= 0.6 is 22.9 Å². The van der Waals surface area contributed by atoms with Gasteiger partial charge in [-0.1, -0.05) is 35.9 Å². The van der Waals surface area contributed by atoms with Crippen LogP contribution in [-0.2, 0) is 0 Å². The van der Waals surface area contributed by atoms with Crippen molar-refractivity contribution in [1.29, 1.82) is 0 Å². The molecule has 3 rings (SSSR count). The number of halogens is 1. The van der Waals surface area contributed by atoms with Gasteiger partial charge in [-0.3, -0.25) is 0 Å². The topological polar surface area (TPSA) is 20.2 Å². The van der Waals surface area contributed by atoms with Crippen LogP contribution in [0, 0.1) is 0 Å². The van der Waals surface area contributed by atoms with Crippen LogP contribution in [0.15, 0.2) is 35.7 Å². The predicted octanol–water partition coefficient (Wildman–Crippen LogP) is 4.36. The highest BCUT2D eigenvalue weighted by molar-refractivity contribution is 7.10. The molecule has 1 atom stereocenters. The molecule has 1 N–H and O–H groups in total. The number of thiophene rings is 1. The minimum atomic E-state index is -0.601. The number of aliphatic hydroxyl groups excluding tert-OH is 1. The molecule has 88 valence electrons. The Morgan fingerprint density at radius 3 is 2.41 bits per heavy atom. The Bertz CT molecular complexity index is 513. The van der Waals surface area contributed by atoms with Crippen molar-refractivity contribution in [1.82, 2.24) is 0 Å². The van der Waals surface area contributed by atoms with E-state index in [9.17, 15) is 5.11 Å². The normalized spacial score (nSPS) is 17.1. The van der Waals surface area contributed by atoms with Gasteiger partial charge in [-0.25, -0.2) is 0 Å². The van der Waals surface area contributed by atoms with Gasteiger partial charge in [-0.15, -0.1) is 11.3 Å². The van der Waals surface area contributed by atoms with Crippen LogP contribution in [0.2, 0.25) is 5.02 Å². The molecule has 3 heteroatoms. The summed E-state index contributed by atoms with van der Waals surface area (Å²) in [7, 11) is 0. The zero-order valence-corrected chi connectivity index (χ0v) is 10.8. The van der Waals surface area contributed by atoms with Crippen LogP contribution in [0.4, 0.5) is 0 Å². The summed E-state index contributed by atoms with van der Waals surface area (Å²) in [6.07, 6.45) is 2.01. The molecule has 1 unspecified atom stereocenters. The van der Waals surface area contributed by atoms with Gasteiger partial charge < -0.3 is 5.11 Å². The molecule has 0 saturated heterocycles. The third-order valence-corrected chi connectivity index (χ3v) is 4.60. The Labute approximate surface area is 110 Å². The van der Waals surface area contributed by atoms with Crippen LogP contribution in [0.3, 0.4) is 0 Å². The third-order valence-electron chi connectivity index (χ3n) is 3.19. The summed E-state index contributed by atoms with van der Waals surface area (Å²) in [5.41, 5.74) is 2.30. The van der Waals surface area contributed by atoms with Gasteiger partial charge in [0.05, 0.1) is 9.90 Å². The molecular weight excluding hydrogens is 252 g/mol. The summed E-state index contributed by atoms with van der Waals surface area (Å²) in [5, 5.41) is 12.8. The van der Waals surface area contributed by atoms with Crippen molar-refractivity contribution in [3.63, 3.8) is 0 Å². The molecule has 0 radical (unpaired) electrons. The van der Waals surface area contributed by atoms with Crippen molar-refractivity contribution in [2.75, 3.05) is 0 Å². The smallest absolute Gasteiger partial charge is 0.115 e. The number of rotatable bonds is 3. The summed E-state index contributed by atoms with van der Waals surface area (Å²) in [6.45, 7) is 0. The molecule has 0 amide bonds. The first-order valence-corrected chi connectivity index (χ1v) is 7.02. The quantitative estimate of drug-likeness (QED) is 0.873. The van der Waals surface area contributed by atoms with Gasteiger partial charge in [0.15, 0.2) is 0 Å². The minimum Gasteiger partial charge on any atom is -0.383 e. The van der Waals surface area contributed by atoms with E-state index in [0.717, 1.165) is 16.4 Å². The number of benzene rings is 1. The van der Waals surface area contributed by atoms with Gasteiger partial charge in [0, 0.05) is 0 Å². The fraction of sp³-hybridized carbons (Fsp3) is 0.286. The first kappa shape index (κ1) is 11.3. The van der Waals surface area contributed by atoms with Gasteiger partial charge >= 0.3 is 0 Å². The van der Waals surface area contributed by atoms with Crippen LogP contribution in [0.25, 0.3) is 0 Å². The molecule has 0 bridgehead atoms.